The fraction of sp³-hybridized carbons (Fsp3) is 0. The minimum atomic E-state index is 1.19. The number of rotatable bonds is 1. The molecule has 0 fully saturated rings. The number of aromatic nitrogens is 2. The first kappa shape index (κ1) is 21.7. The van der Waals surface area contributed by atoms with Gasteiger partial charge in [0, 0.05) is 58.3 Å². The van der Waals surface area contributed by atoms with Crippen LogP contribution in [0, 0.1) is 0 Å². The molecule has 0 aliphatic rings. The van der Waals surface area contributed by atoms with Crippen LogP contribution in [-0.2, 0) is 0 Å². The van der Waals surface area contributed by atoms with E-state index in [0.717, 1.165) is 0 Å². The maximum Gasteiger partial charge on any atom is 0.0559 e. The van der Waals surface area contributed by atoms with Crippen molar-refractivity contribution >= 4 is 96.7 Å². The Bertz CT molecular complexity index is 2690. The van der Waals surface area contributed by atoms with Crippen LogP contribution in [0.1, 0.15) is 0 Å². The first-order chi connectivity index (χ1) is 20.3. The molecular weight excluding hydrogens is 516 g/mol. The summed E-state index contributed by atoms with van der Waals surface area (Å²) in [5, 5.41) is 13.0. The van der Waals surface area contributed by atoms with Gasteiger partial charge in [0.1, 0.15) is 0 Å². The van der Waals surface area contributed by atoms with Crippen LogP contribution in [0.4, 0.5) is 0 Å². The van der Waals surface area contributed by atoms with Crippen LogP contribution in [0.25, 0.3) is 91.0 Å². The van der Waals surface area contributed by atoms with Crippen LogP contribution < -0.4 is 0 Å². The zero-order valence-electron chi connectivity index (χ0n) is 22.0. The lowest BCUT2D eigenvalue weighted by Gasteiger charge is -2.08. The Morgan fingerprint density at radius 3 is 2.00 bits per heavy atom. The maximum atomic E-state index is 3.76. The van der Waals surface area contributed by atoms with Crippen molar-refractivity contribution < 1.29 is 0 Å². The summed E-state index contributed by atoms with van der Waals surface area (Å²) in [5.41, 5.74) is 6.11. The van der Waals surface area contributed by atoms with Crippen LogP contribution in [-0.4, -0.2) is 9.55 Å². The molecule has 0 aliphatic carbocycles. The van der Waals surface area contributed by atoms with Crippen molar-refractivity contribution in [3.05, 3.63) is 127 Å². The number of nitrogens with zero attached hydrogens (tertiary/aromatic N) is 1. The molecule has 0 unspecified atom stereocenters. The van der Waals surface area contributed by atoms with Gasteiger partial charge in [-0.15, -0.1) is 11.3 Å². The number of hydrogen-bond acceptors (Lipinski definition) is 1. The molecule has 0 saturated heterocycles. The molecule has 10 aromatic rings. The Labute approximate surface area is 238 Å². The predicted molar refractivity (Wildman–Crippen MR) is 178 cm³/mol. The third kappa shape index (κ3) is 2.81. The molecule has 10 rings (SSSR count). The SMILES string of the molecule is c1ccc(-n2c3cc4ccccc4cc3c3cc4c(cc32)sc2c4c3ccccc3c3[nH]c4ccccc4c32)cc1. The molecule has 1 N–H and O–H groups in total. The van der Waals surface area contributed by atoms with Gasteiger partial charge in [-0.05, 0) is 58.6 Å². The van der Waals surface area contributed by atoms with E-state index in [1.54, 1.807) is 0 Å². The van der Waals surface area contributed by atoms with Gasteiger partial charge in [0.05, 0.1) is 16.6 Å². The van der Waals surface area contributed by atoms with Crippen LogP contribution in [0.5, 0.6) is 0 Å². The van der Waals surface area contributed by atoms with Crippen molar-refractivity contribution in [2.45, 2.75) is 0 Å². The lowest BCUT2D eigenvalue weighted by molar-refractivity contribution is 1.18. The average molecular weight is 539 g/mol. The van der Waals surface area contributed by atoms with Gasteiger partial charge < -0.3 is 9.55 Å². The highest BCUT2D eigenvalue weighted by Gasteiger charge is 2.20. The molecule has 190 valence electrons. The van der Waals surface area contributed by atoms with Crippen LogP contribution >= 0.6 is 11.3 Å². The van der Waals surface area contributed by atoms with E-state index in [1.807, 2.05) is 11.3 Å². The van der Waals surface area contributed by atoms with Crippen LogP contribution in [0.15, 0.2) is 127 Å². The lowest BCUT2D eigenvalue weighted by atomic mass is 9.99. The number of aromatic amines is 1. The quantitative estimate of drug-likeness (QED) is 0.215. The topological polar surface area (TPSA) is 20.7 Å². The molecule has 0 bridgehead atoms. The zero-order chi connectivity index (χ0) is 26.7. The first-order valence-electron chi connectivity index (χ1n) is 14.0. The molecule has 0 saturated carbocycles. The Balaban J connectivity index is 1.45. The molecule has 0 amide bonds. The third-order valence-corrected chi connectivity index (χ3v) is 10.0. The Hall–Kier alpha value is -5.12. The number of thiophene rings is 1. The normalized spacial score (nSPS) is 12.4. The number of para-hydroxylation sites is 2. The van der Waals surface area contributed by atoms with Gasteiger partial charge in [-0.1, -0.05) is 84.9 Å². The minimum absolute atomic E-state index is 1.19. The molecule has 2 nitrogen and oxygen atoms in total. The Kier molecular flexibility index (Phi) is 4.10. The number of benzene rings is 7. The second kappa shape index (κ2) is 7.75. The van der Waals surface area contributed by atoms with Gasteiger partial charge in [-0.3, -0.25) is 0 Å². The van der Waals surface area contributed by atoms with E-state index in [1.165, 1.54) is 91.0 Å². The summed E-state index contributed by atoms with van der Waals surface area (Å²) in [6, 6.07) is 46.7. The predicted octanol–water partition coefficient (Wildman–Crippen LogP) is 11.1. The smallest absolute Gasteiger partial charge is 0.0559 e. The summed E-state index contributed by atoms with van der Waals surface area (Å²) in [6.45, 7) is 0. The number of hydrogen-bond donors (Lipinski definition) is 1. The van der Waals surface area contributed by atoms with Crippen LogP contribution in [0.2, 0.25) is 0 Å². The van der Waals surface area contributed by atoms with Gasteiger partial charge in [0.25, 0.3) is 0 Å². The summed E-state index contributed by atoms with van der Waals surface area (Å²) in [4.78, 5) is 3.76. The Morgan fingerprint density at radius 1 is 0.488 bits per heavy atom. The summed E-state index contributed by atoms with van der Waals surface area (Å²) < 4.78 is 5.13. The monoisotopic (exact) mass is 538 g/mol. The van der Waals surface area contributed by atoms with E-state index in [-0.39, 0.29) is 0 Å². The largest absolute Gasteiger partial charge is 0.354 e. The summed E-state index contributed by atoms with van der Waals surface area (Å²) in [5.74, 6) is 0. The number of fused-ring (bicyclic) bond motifs is 14. The molecule has 3 aromatic heterocycles. The lowest BCUT2D eigenvalue weighted by Crippen LogP contribution is -1.93. The molecule has 0 aliphatic heterocycles. The second-order valence-corrected chi connectivity index (χ2v) is 12.1. The highest BCUT2D eigenvalue weighted by atomic mass is 32.1. The summed E-state index contributed by atoms with van der Waals surface area (Å²) >= 11 is 1.92. The zero-order valence-corrected chi connectivity index (χ0v) is 22.8. The van der Waals surface area contributed by atoms with E-state index in [0.29, 0.717) is 0 Å². The van der Waals surface area contributed by atoms with Crippen molar-refractivity contribution in [2.75, 3.05) is 0 Å². The van der Waals surface area contributed by atoms with Gasteiger partial charge in [-0.2, -0.15) is 0 Å². The minimum Gasteiger partial charge on any atom is -0.354 e. The van der Waals surface area contributed by atoms with Gasteiger partial charge in [-0.25, -0.2) is 0 Å². The van der Waals surface area contributed by atoms with Gasteiger partial charge >= 0.3 is 0 Å². The highest BCUT2D eigenvalue weighted by Crippen LogP contribution is 2.48. The van der Waals surface area contributed by atoms with E-state index in [4.69, 9.17) is 0 Å². The number of H-pyrrole nitrogens is 1. The highest BCUT2D eigenvalue weighted by molar-refractivity contribution is 7.27. The first-order valence-corrected chi connectivity index (χ1v) is 14.8. The van der Waals surface area contributed by atoms with E-state index < -0.39 is 0 Å². The van der Waals surface area contributed by atoms with E-state index >= 15 is 0 Å². The van der Waals surface area contributed by atoms with Gasteiger partial charge in [0.2, 0.25) is 0 Å². The third-order valence-electron chi connectivity index (χ3n) is 8.86. The summed E-state index contributed by atoms with van der Waals surface area (Å²) in [7, 11) is 0. The standard InChI is InChI=1S/C38H22N2S/c1-2-12-24(13-3-1)40-32-19-23-11-5-4-10-22(23)18-28(32)29-20-30-34(21-33(29)40)41-38-35(30)25-14-6-7-15-26(25)37-36(38)27-16-8-9-17-31(27)39-37/h1-21,39H. The van der Waals surface area contributed by atoms with Crippen molar-refractivity contribution in [1.29, 1.82) is 0 Å². The van der Waals surface area contributed by atoms with E-state index in [2.05, 4.69) is 137 Å². The van der Waals surface area contributed by atoms with Crippen molar-refractivity contribution in [3.8, 4) is 5.69 Å². The van der Waals surface area contributed by atoms with Crippen molar-refractivity contribution in [2.24, 2.45) is 0 Å². The van der Waals surface area contributed by atoms with Crippen LogP contribution in [0.3, 0.4) is 0 Å². The fourth-order valence-corrected chi connectivity index (χ4v) is 8.39. The van der Waals surface area contributed by atoms with Gasteiger partial charge in [0.15, 0.2) is 0 Å². The number of nitrogens with one attached hydrogen (secondary N) is 1. The second-order valence-electron chi connectivity index (χ2n) is 11.0. The fourth-order valence-electron chi connectivity index (χ4n) is 7.09. The van der Waals surface area contributed by atoms with Crippen molar-refractivity contribution in [1.82, 2.24) is 9.55 Å². The molecule has 3 heteroatoms. The maximum absolute atomic E-state index is 3.76. The van der Waals surface area contributed by atoms with Crippen molar-refractivity contribution in [3.63, 3.8) is 0 Å². The average Bonchev–Trinajstić information content (AvgIpc) is 3.68. The molecule has 0 atom stereocenters. The molecule has 7 aromatic carbocycles. The molecule has 0 spiro atoms. The molecule has 0 radical (unpaired) electrons. The van der Waals surface area contributed by atoms with E-state index in [9.17, 15) is 0 Å². The summed E-state index contributed by atoms with van der Waals surface area (Å²) in [6.07, 6.45) is 0. The Morgan fingerprint density at radius 2 is 1.15 bits per heavy atom. The molecule has 3 heterocycles. The molecular formula is C38H22N2S. The molecule has 41 heavy (non-hydrogen) atoms.